The summed E-state index contributed by atoms with van der Waals surface area (Å²) in [4.78, 5) is 32.7. The number of hydrogen-bond donors (Lipinski definition) is 2. The molecule has 2 aliphatic carbocycles. The number of hydrogen-bond acceptors (Lipinski definition) is 4. The molecule has 0 bridgehead atoms. The van der Waals surface area contributed by atoms with Crippen LogP contribution in [0.25, 0.3) is 5.82 Å². The van der Waals surface area contributed by atoms with Crippen molar-refractivity contribution in [1.82, 2.24) is 19.9 Å². The number of anilines is 1. The summed E-state index contributed by atoms with van der Waals surface area (Å²) < 4.78 is 1.71. The Kier molecular flexibility index (Phi) is 4.69. The molecular weight excluding hydrogens is 330 g/mol. The molecule has 2 heterocycles. The standard InChI is InChI=1S/C19H23N5O2/c25-18(13-6-7-13)23-15-8-9-17(20-10-15)24-11-16(21-12-24)19(26)22-14-4-2-1-3-5-14/h8-14H,1-7H2,(H,22,26)(H,23,25). The molecule has 0 spiro atoms. The van der Waals surface area contributed by atoms with Crippen LogP contribution in [0.3, 0.4) is 0 Å². The van der Waals surface area contributed by atoms with Gasteiger partial charge in [-0.05, 0) is 37.8 Å². The van der Waals surface area contributed by atoms with Gasteiger partial charge in [0.05, 0.1) is 11.9 Å². The van der Waals surface area contributed by atoms with E-state index in [0.717, 1.165) is 25.7 Å². The van der Waals surface area contributed by atoms with Gasteiger partial charge < -0.3 is 10.6 Å². The highest BCUT2D eigenvalue weighted by molar-refractivity contribution is 5.94. The molecule has 0 radical (unpaired) electrons. The van der Waals surface area contributed by atoms with Gasteiger partial charge in [-0.25, -0.2) is 9.97 Å². The fourth-order valence-electron chi connectivity index (χ4n) is 3.27. The zero-order valence-corrected chi connectivity index (χ0v) is 14.6. The number of nitrogens with zero attached hydrogens (tertiary/aromatic N) is 3. The highest BCUT2D eigenvalue weighted by atomic mass is 16.2. The largest absolute Gasteiger partial charge is 0.348 e. The van der Waals surface area contributed by atoms with Gasteiger partial charge >= 0.3 is 0 Å². The SMILES string of the molecule is O=C(NC1CCCCC1)c1cn(-c2ccc(NC(=O)C3CC3)cn2)cn1. The fourth-order valence-corrected chi connectivity index (χ4v) is 3.27. The van der Waals surface area contributed by atoms with Crippen molar-refractivity contribution in [3.05, 3.63) is 36.5 Å². The summed E-state index contributed by atoms with van der Waals surface area (Å²) >= 11 is 0. The molecule has 0 aliphatic heterocycles. The minimum atomic E-state index is -0.135. The second-order valence-corrected chi connectivity index (χ2v) is 7.14. The lowest BCUT2D eigenvalue weighted by molar-refractivity contribution is -0.117. The monoisotopic (exact) mass is 353 g/mol. The van der Waals surface area contributed by atoms with Crippen LogP contribution in [0.2, 0.25) is 0 Å². The Morgan fingerprint density at radius 2 is 1.85 bits per heavy atom. The molecule has 0 aromatic carbocycles. The van der Waals surface area contributed by atoms with Gasteiger partial charge in [-0.3, -0.25) is 14.2 Å². The van der Waals surface area contributed by atoms with Gasteiger partial charge in [0.25, 0.3) is 5.91 Å². The molecule has 0 saturated heterocycles. The minimum absolute atomic E-state index is 0.0591. The zero-order chi connectivity index (χ0) is 17.9. The molecule has 2 aromatic heterocycles. The van der Waals surface area contributed by atoms with Crippen LogP contribution in [0.1, 0.15) is 55.4 Å². The second-order valence-electron chi connectivity index (χ2n) is 7.14. The number of aromatic nitrogens is 3. The third-order valence-electron chi connectivity index (χ3n) is 4.98. The second kappa shape index (κ2) is 7.27. The Balaban J connectivity index is 1.38. The summed E-state index contributed by atoms with van der Waals surface area (Å²) in [5.41, 5.74) is 1.07. The number of amides is 2. The first-order chi connectivity index (χ1) is 12.7. The van der Waals surface area contributed by atoms with Crippen LogP contribution in [0.4, 0.5) is 5.69 Å². The van der Waals surface area contributed by atoms with E-state index in [1.54, 1.807) is 29.4 Å². The van der Waals surface area contributed by atoms with E-state index < -0.39 is 0 Å². The maximum Gasteiger partial charge on any atom is 0.271 e. The van der Waals surface area contributed by atoms with Crippen LogP contribution in [-0.2, 0) is 4.79 Å². The molecule has 136 valence electrons. The minimum Gasteiger partial charge on any atom is -0.348 e. The van der Waals surface area contributed by atoms with Crippen LogP contribution >= 0.6 is 0 Å². The predicted molar refractivity (Wildman–Crippen MR) is 97.1 cm³/mol. The summed E-state index contributed by atoms with van der Waals surface area (Å²) in [5.74, 6) is 0.736. The zero-order valence-electron chi connectivity index (χ0n) is 14.6. The molecule has 2 N–H and O–H groups in total. The molecule has 2 amide bonds. The van der Waals surface area contributed by atoms with Crippen molar-refractivity contribution in [2.24, 2.45) is 5.92 Å². The van der Waals surface area contributed by atoms with Gasteiger partial charge in [-0.1, -0.05) is 19.3 Å². The molecule has 7 heteroatoms. The molecule has 2 aromatic rings. The van der Waals surface area contributed by atoms with Crippen molar-refractivity contribution in [2.75, 3.05) is 5.32 Å². The summed E-state index contributed by atoms with van der Waals surface area (Å²) in [6.07, 6.45) is 12.5. The Morgan fingerprint density at radius 1 is 1.04 bits per heavy atom. The predicted octanol–water partition coefficient (Wildman–Crippen LogP) is 2.68. The van der Waals surface area contributed by atoms with Gasteiger partial charge in [0.1, 0.15) is 17.8 Å². The molecule has 2 fully saturated rings. The first-order valence-electron chi connectivity index (χ1n) is 9.31. The molecule has 7 nitrogen and oxygen atoms in total. The topological polar surface area (TPSA) is 88.9 Å². The Bertz CT molecular complexity index is 789. The van der Waals surface area contributed by atoms with Crippen LogP contribution < -0.4 is 10.6 Å². The van der Waals surface area contributed by atoms with Crippen molar-refractivity contribution < 1.29 is 9.59 Å². The lowest BCUT2D eigenvalue weighted by Gasteiger charge is -2.22. The highest BCUT2D eigenvalue weighted by Gasteiger charge is 2.29. The number of rotatable bonds is 5. The Hall–Kier alpha value is -2.70. The van der Waals surface area contributed by atoms with E-state index in [-0.39, 0.29) is 23.8 Å². The van der Waals surface area contributed by atoms with Crippen molar-refractivity contribution in [3.63, 3.8) is 0 Å². The Labute approximate surface area is 152 Å². The summed E-state index contributed by atoms with van der Waals surface area (Å²) in [6.45, 7) is 0. The molecule has 26 heavy (non-hydrogen) atoms. The van der Waals surface area contributed by atoms with Crippen molar-refractivity contribution in [3.8, 4) is 5.82 Å². The summed E-state index contributed by atoms with van der Waals surface area (Å²) in [7, 11) is 0. The lowest BCUT2D eigenvalue weighted by Crippen LogP contribution is -2.36. The number of carbonyl (C=O) groups excluding carboxylic acids is 2. The molecule has 2 aliphatic rings. The van der Waals surface area contributed by atoms with Crippen LogP contribution in [0.5, 0.6) is 0 Å². The normalized spacial score (nSPS) is 17.7. The molecule has 4 rings (SSSR count). The van der Waals surface area contributed by atoms with Crippen LogP contribution in [-0.4, -0.2) is 32.4 Å². The maximum atomic E-state index is 12.3. The molecule has 2 saturated carbocycles. The van der Waals surface area contributed by atoms with Gasteiger partial charge in [0, 0.05) is 18.2 Å². The van der Waals surface area contributed by atoms with E-state index in [9.17, 15) is 9.59 Å². The maximum absolute atomic E-state index is 12.3. The van der Waals surface area contributed by atoms with E-state index in [0.29, 0.717) is 17.2 Å². The number of carbonyl (C=O) groups is 2. The average molecular weight is 353 g/mol. The average Bonchev–Trinajstić information content (AvgIpc) is 3.40. The van der Waals surface area contributed by atoms with Gasteiger partial charge in [0.15, 0.2) is 0 Å². The van der Waals surface area contributed by atoms with Gasteiger partial charge in [-0.15, -0.1) is 0 Å². The third kappa shape index (κ3) is 3.92. The van der Waals surface area contributed by atoms with E-state index in [4.69, 9.17) is 0 Å². The first kappa shape index (κ1) is 16.8. The van der Waals surface area contributed by atoms with E-state index >= 15 is 0 Å². The van der Waals surface area contributed by atoms with E-state index in [1.165, 1.54) is 19.3 Å². The number of pyridine rings is 1. The van der Waals surface area contributed by atoms with Crippen molar-refractivity contribution >= 4 is 17.5 Å². The van der Waals surface area contributed by atoms with Crippen LogP contribution in [0, 0.1) is 5.92 Å². The Morgan fingerprint density at radius 3 is 2.54 bits per heavy atom. The third-order valence-corrected chi connectivity index (χ3v) is 4.98. The molecule has 0 atom stereocenters. The molecule has 0 unspecified atom stereocenters. The van der Waals surface area contributed by atoms with E-state index in [2.05, 4.69) is 20.6 Å². The van der Waals surface area contributed by atoms with Gasteiger partial charge in [-0.2, -0.15) is 0 Å². The van der Waals surface area contributed by atoms with Crippen LogP contribution in [0.15, 0.2) is 30.9 Å². The molecular formula is C19H23N5O2. The smallest absolute Gasteiger partial charge is 0.271 e. The highest BCUT2D eigenvalue weighted by Crippen LogP contribution is 2.30. The first-order valence-corrected chi connectivity index (χ1v) is 9.31. The lowest BCUT2D eigenvalue weighted by atomic mass is 9.95. The fraction of sp³-hybridized carbons (Fsp3) is 0.474. The summed E-state index contributed by atoms with van der Waals surface area (Å²) in [5, 5.41) is 5.93. The number of imidazole rings is 1. The quantitative estimate of drug-likeness (QED) is 0.865. The van der Waals surface area contributed by atoms with Crippen molar-refractivity contribution in [2.45, 2.75) is 51.0 Å². The van der Waals surface area contributed by atoms with Gasteiger partial charge in [0.2, 0.25) is 5.91 Å². The number of nitrogens with one attached hydrogen (secondary N) is 2. The van der Waals surface area contributed by atoms with E-state index in [1.807, 2.05) is 6.07 Å². The summed E-state index contributed by atoms with van der Waals surface area (Å²) in [6, 6.07) is 3.87. The van der Waals surface area contributed by atoms with Crippen molar-refractivity contribution in [1.29, 1.82) is 0 Å².